The van der Waals surface area contributed by atoms with Gasteiger partial charge in [-0.1, -0.05) is 36.9 Å². The molecule has 1 spiro atoms. The fourth-order valence-electron chi connectivity index (χ4n) is 4.36. The standard InChI is InChI=1S/C22H26N4O2S3/c1-3-26-11-9-22(10-12-26)15-23-21(30-22)17-14-16-6-4-7-18(20(16)24-17)25(2)31(27,28)19-8-5-13-29-19/h4-8,13-14,24H,3,9-12,15H2,1-2H3. The molecule has 1 saturated heterocycles. The molecular formula is C22H26N4O2S3. The quantitative estimate of drug-likeness (QED) is 0.595. The summed E-state index contributed by atoms with van der Waals surface area (Å²) in [5.41, 5.74) is 2.45. The van der Waals surface area contributed by atoms with Crippen LogP contribution in [0.15, 0.2) is 51.0 Å². The third kappa shape index (κ3) is 3.71. The van der Waals surface area contributed by atoms with Crippen molar-refractivity contribution in [3.8, 4) is 0 Å². The summed E-state index contributed by atoms with van der Waals surface area (Å²) in [4.78, 5) is 10.9. The number of sulfonamides is 1. The molecule has 31 heavy (non-hydrogen) atoms. The molecule has 0 saturated carbocycles. The van der Waals surface area contributed by atoms with Gasteiger partial charge in [0.25, 0.3) is 10.0 Å². The molecule has 4 heterocycles. The number of para-hydroxylation sites is 1. The molecule has 3 aromatic rings. The molecule has 0 bridgehead atoms. The van der Waals surface area contributed by atoms with Gasteiger partial charge in [0.15, 0.2) is 0 Å². The van der Waals surface area contributed by atoms with Crippen molar-refractivity contribution < 1.29 is 8.42 Å². The molecule has 6 nitrogen and oxygen atoms in total. The Labute approximate surface area is 191 Å². The Bertz CT molecular complexity index is 1220. The number of aliphatic imine (C=N–C) groups is 1. The first-order valence-corrected chi connectivity index (χ1v) is 13.7. The lowest BCUT2D eigenvalue weighted by atomic mass is 9.96. The molecule has 2 aliphatic rings. The molecule has 0 radical (unpaired) electrons. The van der Waals surface area contributed by atoms with Gasteiger partial charge in [0.05, 0.1) is 23.4 Å². The Morgan fingerprint density at radius 1 is 1.23 bits per heavy atom. The summed E-state index contributed by atoms with van der Waals surface area (Å²) in [6.45, 7) is 6.46. The second kappa shape index (κ2) is 7.95. The zero-order chi connectivity index (χ0) is 21.6. The van der Waals surface area contributed by atoms with Crippen LogP contribution in [0.3, 0.4) is 0 Å². The Morgan fingerprint density at radius 3 is 2.74 bits per heavy atom. The lowest BCUT2D eigenvalue weighted by Crippen LogP contribution is -2.43. The average Bonchev–Trinajstić information content (AvgIpc) is 3.53. The highest BCUT2D eigenvalue weighted by molar-refractivity contribution is 8.15. The number of H-pyrrole nitrogens is 1. The van der Waals surface area contributed by atoms with Crippen LogP contribution in [-0.2, 0) is 10.0 Å². The van der Waals surface area contributed by atoms with Crippen molar-refractivity contribution in [2.75, 3.05) is 37.5 Å². The van der Waals surface area contributed by atoms with Gasteiger partial charge in [0, 0.05) is 17.2 Å². The minimum absolute atomic E-state index is 0.209. The molecule has 0 aliphatic carbocycles. The number of thioether (sulfide) groups is 1. The van der Waals surface area contributed by atoms with Gasteiger partial charge >= 0.3 is 0 Å². The summed E-state index contributed by atoms with van der Waals surface area (Å²) in [6.07, 6.45) is 2.32. The van der Waals surface area contributed by atoms with Crippen molar-refractivity contribution in [1.29, 1.82) is 0 Å². The van der Waals surface area contributed by atoms with Crippen LogP contribution < -0.4 is 4.31 Å². The van der Waals surface area contributed by atoms with E-state index in [1.54, 1.807) is 24.6 Å². The Kier molecular flexibility index (Phi) is 5.40. The molecule has 0 atom stereocenters. The fraction of sp³-hybridized carbons (Fsp3) is 0.409. The van der Waals surface area contributed by atoms with Crippen LogP contribution in [-0.4, -0.2) is 61.3 Å². The van der Waals surface area contributed by atoms with E-state index in [1.807, 2.05) is 30.0 Å². The van der Waals surface area contributed by atoms with Gasteiger partial charge < -0.3 is 9.88 Å². The van der Waals surface area contributed by atoms with Gasteiger partial charge in [0.2, 0.25) is 0 Å². The predicted molar refractivity (Wildman–Crippen MR) is 131 cm³/mol. The van der Waals surface area contributed by atoms with Crippen LogP contribution in [0.25, 0.3) is 10.9 Å². The molecule has 0 amide bonds. The van der Waals surface area contributed by atoms with Crippen molar-refractivity contribution >= 4 is 54.8 Å². The van der Waals surface area contributed by atoms with E-state index in [2.05, 4.69) is 22.9 Å². The molecule has 1 N–H and O–H groups in total. The number of benzene rings is 1. The van der Waals surface area contributed by atoms with E-state index in [1.165, 1.54) is 15.6 Å². The maximum absolute atomic E-state index is 13.0. The highest BCUT2D eigenvalue weighted by Crippen LogP contribution is 2.43. The number of nitrogens with zero attached hydrogens (tertiary/aromatic N) is 3. The van der Waals surface area contributed by atoms with E-state index in [-0.39, 0.29) is 4.75 Å². The summed E-state index contributed by atoms with van der Waals surface area (Å²) in [5.74, 6) is 0. The average molecular weight is 475 g/mol. The largest absolute Gasteiger partial charge is 0.351 e. The number of piperidine rings is 1. The first-order chi connectivity index (χ1) is 14.9. The number of aromatic nitrogens is 1. The second-order valence-corrected chi connectivity index (χ2v) is 12.8. The van der Waals surface area contributed by atoms with Crippen molar-refractivity contribution in [2.24, 2.45) is 4.99 Å². The molecule has 1 aromatic carbocycles. The van der Waals surface area contributed by atoms with Gasteiger partial charge in [-0.2, -0.15) is 0 Å². The Balaban J connectivity index is 1.43. The van der Waals surface area contributed by atoms with Crippen LogP contribution in [0.5, 0.6) is 0 Å². The number of hydrogen-bond acceptors (Lipinski definition) is 6. The van der Waals surface area contributed by atoms with E-state index in [0.717, 1.165) is 60.7 Å². The van der Waals surface area contributed by atoms with E-state index in [0.29, 0.717) is 9.90 Å². The zero-order valence-electron chi connectivity index (χ0n) is 17.7. The van der Waals surface area contributed by atoms with Crippen molar-refractivity contribution in [1.82, 2.24) is 9.88 Å². The second-order valence-electron chi connectivity index (χ2n) is 8.17. The summed E-state index contributed by atoms with van der Waals surface area (Å²) < 4.78 is 28.0. The molecule has 2 aliphatic heterocycles. The monoisotopic (exact) mass is 474 g/mol. The maximum atomic E-state index is 13.0. The SMILES string of the molecule is CCN1CCC2(CC1)CN=C(c1cc3cccc(N(C)S(=O)(=O)c4cccs4)c3[nH]1)S2. The van der Waals surface area contributed by atoms with Gasteiger partial charge in [-0.15, -0.1) is 11.3 Å². The molecule has 5 rings (SSSR count). The van der Waals surface area contributed by atoms with Gasteiger partial charge in [-0.3, -0.25) is 9.30 Å². The Hall–Kier alpha value is -1.81. The van der Waals surface area contributed by atoms with E-state index in [9.17, 15) is 8.42 Å². The number of fused-ring (bicyclic) bond motifs is 1. The number of nitrogens with one attached hydrogen (secondary N) is 1. The zero-order valence-corrected chi connectivity index (χ0v) is 20.1. The van der Waals surface area contributed by atoms with E-state index >= 15 is 0 Å². The van der Waals surface area contributed by atoms with Crippen molar-refractivity contribution in [2.45, 2.75) is 28.7 Å². The highest BCUT2D eigenvalue weighted by Gasteiger charge is 2.40. The van der Waals surface area contributed by atoms with Gasteiger partial charge in [-0.25, -0.2) is 8.42 Å². The fourth-order valence-corrected chi connectivity index (χ4v) is 8.00. The number of likely N-dealkylation sites (tertiary alicyclic amines) is 1. The van der Waals surface area contributed by atoms with Crippen LogP contribution in [0, 0.1) is 0 Å². The van der Waals surface area contributed by atoms with Crippen LogP contribution in [0.2, 0.25) is 0 Å². The number of rotatable bonds is 5. The number of anilines is 1. The third-order valence-electron chi connectivity index (χ3n) is 6.35. The van der Waals surface area contributed by atoms with Gasteiger partial charge in [-0.05, 0) is 56.1 Å². The lowest BCUT2D eigenvalue weighted by molar-refractivity contribution is 0.213. The topological polar surface area (TPSA) is 68.8 Å². The van der Waals surface area contributed by atoms with Crippen molar-refractivity contribution in [3.63, 3.8) is 0 Å². The number of thiophene rings is 1. The smallest absolute Gasteiger partial charge is 0.273 e. The number of hydrogen-bond donors (Lipinski definition) is 1. The molecule has 164 valence electrons. The first-order valence-electron chi connectivity index (χ1n) is 10.5. The molecule has 2 aromatic heterocycles. The van der Waals surface area contributed by atoms with Crippen LogP contribution in [0.1, 0.15) is 25.5 Å². The normalized spacial score (nSPS) is 19.2. The molecular weight excluding hydrogens is 448 g/mol. The Morgan fingerprint density at radius 2 is 2.03 bits per heavy atom. The van der Waals surface area contributed by atoms with Crippen LogP contribution >= 0.6 is 23.1 Å². The highest BCUT2D eigenvalue weighted by atomic mass is 32.2. The van der Waals surface area contributed by atoms with E-state index in [4.69, 9.17) is 4.99 Å². The molecule has 0 unspecified atom stereocenters. The number of aromatic amines is 1. The maximum Gasteiger partial charge on any atom is 0.273 e. The first kappa shape index (κ1) is 21.1. The minimum atomic E-state index is -3.59. The lowest BCUT2D eigenvalue weighted by Gasteiger charge is -2.37. The molecule has 1 fully saturated rings. The summed E-state index contributed by atoms with van der Waals surface area (Å²) >= 11 is 3.13. The van der Waals surface area contributed by atoms with E-state index < -0.39 is 10.0 Å². The summed E-state index contributed by atoms with van der Waals surface area (Å²) in [7, 11) is -1.97. The summed E-state index contributed by atoms with van der Waals surface area (Å²) in [6, 6.07) is 11.3. The van der Waals surface area contributed by atoms with Gasteiger partial charge in [0.1, 0.15) is 9.25 Å². The summed E-state index contributed by atoms with van der Waals surface area (Å²) in [5, 5.41) is 3.81. The predicted octanol–water partition coefficient (Wildman–Crippen LogP) is 4.40. The third-order valence-corrected chi connectivity index (χ3v) is 11.0. The van der Waals surface area contributed by atoms with Crippen LogP contribution in [0.4, 0.5) is 5.69 Å². The minimum Gasteiger partial charge on any atom is -0.351 e. The van der Waals surface area contributed by atoms with Crippen molar-refractivity contribution in [3.05, 3.63) is 47.5 Å². The molecule has 9 heteroatoms.